The van der Waals surface area contributed by atoms with E-state index in [4.69, 9.17) is 5.84 Å². The average Bonchev–Trinajstić information content (AvgIpc) is 2.82. The summed E-state index contributed by atoms with van der Waals surface area (Å²) in [4.78, 5) is 0.810. The molecule has 1 aliphatic heterocycles. The van der Waals surface area contributed by atoms with Crippen molar-refractivity contribution in [3.8, 4) is 0 Å². The molecule has 0 aromatic heterocycles. The summed E-state index contributed by atoms with van der Waals surface area (Å²) in [5, 5.41) is 11.7. The normalized spacial score (nSPS) is 22.7. The number of nitrogens with two attached hydrogens (primary N) is 1. The van der Waals surface area contributed by atoms with Gasteiger partial charge in [-0.1, -0.05) is 28.1 Å². The third-order valence-corrected chi connectivity index (χ3v) is 7.54. The molecule has 4 rings (SSSR count). The van der Waals surface area contributed by atoms with E-state index in [1.807, 2.05) is 40.7 Å². The van der Waals surface area contributed by atoms with E-state index in [-0.39, 0.29) is 12.4 Å². The van der Waals surface area contributed by atoms with Crippen LogP contribution in [0.3, 0.4) is 0 Å². The van der Waals surface area contributed by atoms with Crippen LogP contribution in [0.4, 0.5) is 14.5 Å². The summed E-state index contributed by atoms with van der Waals surface area (Å²) in [5.74, 6) is 5.90. The summed E-state index contributed by atoms with van der Waals surface area (Å²) < 4.78 is 40.2. The smallest absolute Gasteiger partial charge is 0.278 e. The van der Waals surface area contributed by atoms with Crippen molar-refractivity contribution in [2.24, 2.45) is 11.3 Å². The van der Waals surface area contributed by atoms with Crippen LogP contribution in [-0.2, 0) is 11.4 Å². The summed E-state index contributed by atoms with van der Waals surface area (Å²) in [5.41, 5.74) is 1.88. The predicted molar refractivity (Wildman–Crippen MR) is 119 cm³/mol. The molecule has 1 saturated heterocycles. The number of aliphatic hydroxyl groups is 1. The summed E-state index contributed by atoms with van der Waals surface area (Å²) in [6, 6.07) is 15.1. The first-order valence-electron chi connectivity index (χ1n) is 10.1. The van der Waals surface area contributed by atoms with Crippen LogP contribution >= 0.6 is 0 Å². The molecular formula is C23H26F2N3O2S+. The van der Waals surface area contributed by atoms with Crippen LogP contribution in [0.5, 0.6) is 0 Å². The van der Waals surface area contributed by atoms with Gasteiger partial charge in [-0.15, -0.1) is 0 Å². The second kappa shape index (κ2) is 9.10. The van der Waals surface area contributed by atoms with E-state index in [2.05, 4.69) is 0 Å². The van der Waals surface area contributed by atoms with E-state index in [1.54, 1.807) is 12.1 Å². The molecule has 5 nitrogen and oxygen atoms in total. The van der Waals surface area contributed by atoms with Gasteiger partial charge in [-0.05, 0) is 60.9 Å². The second-order valence-electron chi connectivity index (χ2n) is 7.94. The molecule has 0 amide bonds. The van der Waals surface area contributed by atoms with Crippen molar-refractivity contribution < 1.29 is 18.4 Å². The number of alkyl halides is 1. The first-order valence-corrected chi connectivity index (χ1v) is 11.2. The Kier molecular flexibility index (Phi) is 6.45. The predicted octanol–water partition coefficient (Wildman–Crippen LogP) is 3.81. The van der Waals surface area contributed by atoms with Gasteiger partial charge in [-0.2, -0.15) is 4.55 Å². The number of fused-ring (bicyclic) bond motifs is 1. The van der Waals surface area contributed by atoms with Crippen LogP contribution in [0.1, 0.15) is 12.8 Å². The van der Waals surface area contributed by atoms with Gasteiger partial charge in [0.25, 0.3) is 11.4 Å². The third-order valence-electron chi connectivity index (χ3n) is 6.04. The topological polar surface area (TPSA) is 73.0 Å². The fraction of sp³-hybridized carbons (Fsp3) is 0.304. The van der Waals surface area contributed by atoms with Crippen molar-refractivity contribution in [2.75, 3.05) is 31.4 Å². The molecule has 0 spiro atoms. The number of allylic oxidation sites excluding steroid dienone is 2. The number of hydrogen-bond donors (Lipinski definition) is 3. The molecular weight excluding hydrogens is 420 g/mol. The number of aliphatic hydroxyl groups excluding tert-OH is 1. The van der Waals surface area contributed by atoms with Crippen LogP contribution in [-0.4, -0.2) is 40.3 Å². The minimum absolute atomic E-state index is 0.154. The Bertz CT molecular complexity index is 984. The maximum absolute atomic E-state index is 14.1. The number of nitrogens with zero attached hydrogens (tertiary/aromatic N) is 2. The van der Waals surface area contributed by atoms with Crippen LogP contribution < -0.4 is 10.9 Å². The van der Waals surface area contributed by atoms with Crippen molar-refractivity contribution >= 4 is 17.0 Å². The number of benzene rings is 2. The molecule has 2 aliphatic rings. The van der Waals surface area contributed by atoms with E-state index in [0.29, 0.717) is 42.9 Å². The Balaban J connectivity index is 1.62. The highest BCUT2D eigenvalue weighted by molar-refractivity contribution is 7.89. The SMILES string of the molecule is NN(C1=C(CF)C[C@]2(CO)CN([S+](O)c3ccccc3)CCC2=C1)c1ccc(F)cc1. The molecule has 1 heterocycles. The molecule has 8 heteroatoms. The number of halogens is 2. The quantitative estimate of drug-likeness (QED) is 0.358. The molecule has 0 saturated carbocycles. The first kappa shape index (κ1) is 22.0. The zero-order valence-corrected chi connectivity index (χ0v) is 17.9. The Morgan fingerprint density at radius 1 is 1.13 bits per heavy atom. The maximum atomic E-state index is 14.1. The Labute approximate surface area is 183 Å². The van der Waals surface area contributed by atoms with Crippen LogP contribution in [0, 0.1) is 11.2 Å². The van der Waals surface area contributed by atoms with Gasteiger partial charge in [0.2, 0.25) is 4.90 Å². The van der Waals surface area contributed by atoms with Crippen molar-refractivity contribution in [1.29, 1.82) is 0 Å². The van der Waals surface area contributed by atoms with E-state index >= 15 is 0 Å². The molecule has 2 atom stereocenters. The van der Waals surface area contributed by atoms with E-state index < -0.39 is 23.5 Å². The zero-order valence-electron chi connectivity index (χ0n) is 17.0. The van der Waals surface area contributed by atoms with Crippen molar-refractivity contribution in [2.45, 2.75) is 17.7 Å². The molecule has 1 aliphatic carbocycles. The minimum atomic E-state index is -1.11. The molecule has 1 fully saturated rings. The van der Waals surface area contributed by atoms with Crippen LogP contribution in [0.2, 0.25) is 0 Å². The third kappa shape index (κ3) is 4.26. The van der Waals surface area contributed by atoms with Gasteiger partial charge in [0.15, 0.2) is 0 Å². The Hall–Kier alpha value is -2.23. The van der Waals surface area contributed by atoms with Crippen molar-refractivity contribution in [3.05, 3.63) is 83.3 Å². The highest BCUT2D eigenvalue weighted by Crippen LogP contribution is 2.46. The molecule has 164 valence electrons. The Morgan fingerprint density at radius 3 is 2.48 bits per heavy atom. The Morgan fingerprint density at radius 2 is 1.84 bits per heavy atom. The monoisotopic (exact) mass is 446 g/mol. The van der Waals surface area contributed by atoms with Crippen LogP contribution in [0.25, 0.3) is 0 Å². The molecule has 2 aromatic rings. The van der Waals surface area contributed by atoms with E-state index in [9.17, 15) is 18.4 Å². The number of hydrazine groups is 1. The average molecular weight is 447 g/mol. The van der Waals surface area contributed by atoms with Gasteiger partial charge >= 0.3 is 0 Å². The lowest BCUT2D eigenvalue weighted by molar-refractivity contribution is 0.107. The lowest BCUT2D eigenvalue weighted by atomic mass is 9.69. The lowest BCUT2D eigenvalue weighted by Gasteiger charge is -2.44. The fourth-order valence-electron chi connectivity index (χ4n) is 4.33. The molecule has 0 radical (unpaired) electrons. The van der Waals surface area contributed by atoms with E-state index in [1.165, 1.54) is 17.1 Å². The van der Waals surface area contributed by atoms with Gasteiger partial charge < -0.3 is 5.11 Å². The summed E-state index contributed by atoms with van der Waals surface area (Å²) in [7, 11) is 0. The number of anilines is 1. The molecule has 2 aromatic carbocycles. The van der Waals surface area contributed by atoms with Crippen molar-refractivity contribution in [3.63, 3.8) is 0 Å². The highest BCUT2D eigenvalue weighted by Gasteiger charge is 2.48. The van der Waals surface area contributed by atoms with Gasteiger partial charge in [-0.3, -0.25) is 5.01 Å². The number of piperidine rings is 1. The lowest BCUT2D eigenvalue weighted by Crippen LogP contribution is -2.51. The zero-order chi connectivity index (χ0) is 22.0. The summed E-state index contributed by atoms with van der Waals surface area (Å²) >= 11 is -1.11. The molecule has 31 heavy (non-hydrogen) atoms. The van der Waals surface area contributed by atoms with Crippen LogP contribution in [0.15, 0.2) is 82.4 Å². The minimum Gasteiger partial charge on any atom is -0.395 e. The maximum Gasteiger partial charge on any atom is 0.278 e. The van der Waals surface area contributed by atoms with Crippen molar-refractivity contribution in [1.82, 2.24) is 4.31 Å². The van der Waals surface area contributed by atoms with Gasteiger partial charge in [0, 0.05) is 5.41 Å². The summed E-state index contributed by atoms with van der Waals surface area (Å²) in [6.45, 7) is 0.168. The van der Waals surface area contributed by atoms with Gasteiger partial charge in [-0.25, -0.2) is 14.6 Å². The van der Waals surface area contributed by atoms with E-state index in [0.717, 1.165) is 10.5 Å². The fourth-order valence-corrected chi connectivity index (χ4v) is 5.66. The number of rotatable bonds is 6. The van der Waals surface area contributed by atoms with Gasteiger partial charge in [0.05, 0.1) is 31.1 Å². The second-order valence-corrected chi connectivity index (χ2v) is 9.46. The standard InChI is InChI=1S/C23H26F2N3O2S/c24-14-17-13-23(16-29)15-27(31(30)21-4-2-1-3-5-21)11-10-18(23)12-22(17)28(26)20-8-6-19(25)7-9-20/h1-9,12,29-30H,10-11,13-16,26H2/q+1/t23-,31?/m1/s1. The molecule has 0 bridgehead atoms. The highest BCUT2D eigenvalue weighted by atomic mass is 32.2. The number of hydrogen-bond acceptors (Lipinski definition) is 5. The largest absolute Gasteiger partial charge is 0.395 e. The molecule has 1 unspecified atom stereocenters. The first-order chi connectivity index (χ1) is 15.0. The molecule has 4 N–H and O–H groups in total. The summed E-state index contributed by atoms with van der Waals surface area (Å²) in [6.07, 6.45) is 2.78. The van der Waals surface area contributed by atoms with Gasteiger partial charge in [0.1, 0.15) is 12.5 Å².